The summed E-state index contributed by atoms with van der Waals surface area (Å²) in [4.78, 5) is 10.9. The highest BCUT2D eigenvalue weighted by atomic mass is 35.5. The number of hydrogen-bond donors (Lipinski definition) is 2. The van der Waals surface area contributed by atoms with Gasteiger partial charge in [-0.05, 0) is 31.5 Å². The van der Waals surface area contributed by atoms with E-state index in [1.165, 1.54) is 12.1 Å². The normalized spacial score (nSPS) is 14.5. The van der Waals surface area contributed by atoms with E-state index < -0.39 is 17.8 Å². The molecular weight excluding hydrogens is 231 g/mol. The zero-order valence-corrected chi connectivity index (χ0v) is 9.88. The highest BCUT2D eigenvalue weighted by molar-refractivity contribution is 6.30. The Kier molecular flexibility index (Phi) is 4.26. The predicted molar refractivity (Wildman–Crippen MR) is 61.6 cm³/mol. The number of rotatable bonds is 4. The minimum Gasteiger partial charge on any atom is -0.368 e. The molecule has 88 valence electrons. The number of amides is 1. The van der Waals surface area contributed by atoms with Crippen LogP contribution >= 0.6 is 11.6 Å². The summed E-state index contributed by atoms with van der Waals surface area (Å²) in [5.74, 6) is -0.888. The maximum Gasteiger partial charge on any atom is 0.234 e. The third-order valence-electron chi connectivity index (χ3n) is 2.37. The number of primary amides is 1. The van der Waals surface area contributed by atoms with Crippen molar-refractivity contribution in [2.24, 2.45) is 5.73 Å². The lowest BCUT2D eigenvalue weighted by Gasteiger charge is -2.18. The number of carbonyl (C=O) groups excluding carboxylic acids is 1. The Bertz CT molecular complexity index is 398. The Morgan fingerprint density at radius 2 is 2.12 bits per heavy atom. The van der Waals surface area contributed by atoms with Gasteiger partial charge >= 0.3 is 0 Å². The van der Waals surface area contributed by atoms with Crippen molar-refractivity contribution in [3.05, 3.63) is 34.6 Å². The third kappa shape index (κ3) is 3.18. The van der Waals surface area contributed by atoms with Crippen molar-refractivity contribution in [2.75, 3.05) is 0 Å². The van der Waals surface area contributed by atoms with Gasteiger partial charge in [-0.1, -0.05) is 17.7 Å². The van der Waals surface area contributed by atoms with Crippen molar-refractivity contribution >= 4 is 17.5 Å². The molecule has 0 bridgehead atoms. The molecule has 5 heteroatoms. The quantitative estimate of drug-likeness (QED) is 0.851. The topological polar surface area (TPSA) is 55.1 Å². The zero-order valence-electron chi connectivity index (χ0n) is 9.13. The van der Waals surface area contributed by atoms with E-state index in [1.54, 1.807) is 13.0 Å². The fourth-order valence-corrected chi connectivity index (χ4v) is 1.52. The summed E-state index contributed by atoms with van der Waals surface area (Å²) in [6.45, 7) is 3.52. The molecule has 1 amide bonds. The number of halogens is 2. The molecule has 16 heavy (non-hydrogen) atoms. The van der Waals surface area contributed by atoms with E-state index in [-0.39, 0.29) is 11.1 Å². The van der Waals surface area contributed by atoms with Gasteiger partial charge < -0.3 is 5.73 Å². The average Bonchev–Trinajstić information content (AvgIpc) is 2.21. The van der Waals surface area contributed by atoms with E-state index in [0.29, 0.717) is 0 Å². The summed E-state index contributed by atoms with van der Waals surface area (Å²) in [7, 11) is 0. The van der Waals surface area contributed by atoms with Crippen LogP contribution in [0.2, 0.25) is 5.02 Å². The summed E-state index contributed by atoms with van der Waals surface area (Å²) < 4.78 is 12.9. The van der Waals surface area contributed by atoms with Crippen LogP contribution in [0.15, 0.2) is 18.2 Å². The molecule has 3 N–H and O–H groups in total. The largest absolute Gasteiger partial charge is 0.368 e. The number of carbonyl (C=O) groups is 1. The fourth-order valence-electron chi connectivity index (χ4n) is 1.34. The second-order valence-electron chi connectivity index (χ2n) is 3.69. The van der Waals surface area contributed by atoms with Crippen LogP contribution in [-0.4, -0.2) is 11.9 Å². The molecule has 0 fully saturated rings. The SMILES string of the molecule is CC(NC(C)c1ccc(F)c(Cl)c1)C(N)=O. The molecule has 0 aromatic heterocycles. The molecular formula is C11H14ClFN2O. The molecule has 0 aliphatic rings. The Labute approximate surface area is 98.8 Å². The van der Waals surface area contributed by atoms with E-state index in [4.69, 9.17) is 17.3 Å². The average molecular weight is 245 g/mol. The first-order valence-electron chi connectivity index (χ1n) is 4.92. The van der Waals surface area contributed by atoms with Gasteiger partial charge in [0.1, 0.15) is 5.82 Å². The molecule has 1 rings (SSSR count). The van der Waals surface area contributed by atoms with Gasteiger partial charge in [-0.3, -0.25) is 10.1 Å². The van der Waals surface area contributed by atoms with E-state index in [0.717, 1.165) is 5.56 Å². The van der Waals surface area contributed by atoms with Crippen molar-refractivity contribution in [3.8, 4) is 0 Å². The molecule has 0 saturated heterocycles. The fraction of sp³-hybridized carbons (Fsp3) is 0.364. The van der Waals surface area contributed by atoms with E-state index in [1.807, 2.05) is 6.92 Å². The van der Waals surface area contributed by atoms with Crippen molar-refractivity contribution in [1.29, 1.82) is 0 Å². The molecule has 0 radical (unpaired) electrons. The van der Waals surface area contributed by atoms with E-state index in [2.05, 4.69) is 5.32 Å². The van der Waals surface area contributed by atoms with Gasteiger partial charge in [0.15, 0.2) is 0 Å². The van der Waals surface area contributed by atoms with Crippen LogP contribution in [0.1, 0.15) is 25.5 Å². The Balaban J connectivity index is 2.76. The Morgan fingerprint density at radius 1 is 1.50 bits per heavy atom. The zero-order chi connectivity index (χ0) is 12.3. The van der Waals surface area contributed by atoms with Gasteiger partial charge in [0, 0.05) is 6.04 Å². The van der Waals surface area contributed by atoms with Crippen LogP contribution in [-0.2, 0) is 4.79 Å². The molecule has 0 aliphatic heterocycles. The highest BCUT2D eigenvalue weighted by Gasteiger charge is 2.14. The lowest BCUT2D eigenvalue weighted by Crippen LogP contribution is -2.40. The van der Waals surface area contributed by atoms with Crippen LogP contribution < -0.4 is 11.1 Å². The van der Waals surface area contributed by atoms with Crippen LogP contribution in [0.3, 0.4) is 0 Å². The lowest BCUT2D eigenvalue weighted by atomic mass is 10.1. The maximum absolute atomic E-state index is 12.9. The third-order valence-corrected chi connectivity index (χ3v) is 2.66. The first kappa shape index (κ1) is 12.9. The van der Waals surface area contributed by atoms with Crippen LogP contribution in [0.4, 0.5) is 4.39 Å². The number of nitrogens with one attached hydrogen (secondary N) is 1. The molecule has 2 atom stereocenters. The molecule has 1 aromatic carbocycles. The molecule has 0 saturated carbocycles. The minimum atomic E-state index is -0.458. The number of hydrogen-bond acceptors (Lipinski definition) is 2. The first-order valence-corrected chi connectivity index (χ1v) is 5.30. The predicted octanol–water partition coefficient (Wildman–Crippen LogP) is 2.00. The van der Waals surface area contributed by atoms with Crippen LogP contribution in [0, 0.1) is 5.82 Å². The Morgan fingerprint density at radius 3 is 2.62 bits per heavy atom. The monoisotopic (exact) mass is 244 g/mol. The van der Waals surface area contributed by atoms with Crippen molar-refractivity contribution < 1.29 is 9.18 Å². The van der Waals surface area contributed by atoms with Crippen LogP contribution in [0.5, 0.6) is 0 Å². The second-order valence-corrected chi connectivity index (χ2v) is 4.09. The highest BCUT2D eigenvalue weighted by Crippen LogP contribution is 2.20. The van der Waals surface area contributed by atoms with Gasteiger partial charge in [-0.15, -0.1) is 0 Å². The van der Waals surface area contributed by atoms with E-state index in [9.17, 15) is 9.18 Å². The summed E-state index contributed by atoms with van der Waals surface area (Å²) in [6, 6.07) is 3.87. The van der Waals surface area contributed by atoms with Gasteiger partial charge in [0.2, 0.25) is 5.91 Å². The van der Waals surface area contributed by atoms with Gasteiger partial charge in [0.05, 0.1) is 11.1 Å². The molecule has 2 unspecified atom stereocenters. The smallest absolute Gasteiger partial charge is 0.234 e. The Hall–Kier alpha value is -1.13. The standard InChI is InChI=1S/C11H14ClFN2O/c1-6(15-7(2)11(14)16)8-3-4-10(13)9(12)5-8/h3-7,15H,1-2H3,(H2,14,16). The molecule has 0 heterocycles. The molecule has 3 nitrogen and oxygen atoms in total. The van der Waals surface area contributed by atoms with Crippen molar-refractivity contribution in [1.82, 2.24) is 5.32 Å². The molecule has 0 spiro atoms. The summed E-state index contributed by atoms with van der Waals surface area (Å²) >= 11 is 5.66. The lowest BCUT2D eigenvalue weighted by molar-refractivity contribution is -0.119. The first-order chi connectivity index (χ1) is 7.41. The summed E-state index contributed by atoms with van der Waals surface area (Å²) in [5, 5.41) is 3.05. The van der Waals surface area contributed by atoms with Crippen molar-refractivity contribution in [2.45, 2.75) is 25.9 Å². The second kappa shape index (κ2) is 5.27. The van der Waals surface area contributed by atoms with Gasteiger partial charge in [-0.25, -0.2) is 4.39 Å². The molecule has 1 aromatic rings. The molecule has 0 aliphatic carbocycles. The summed E-state index contributed by atoms with van der Waals surface area (Å²) in [5.41, 5.74) is 5.93. The van der Waals surface area contributed by atoms with Gasteiger partial charge in [-0.2, -0.15) is 0 Å². The number of benzene rings is 1. The maximum atomic E-state index is 12.9. The van der Waals surface area contributed by atoms with E-state index >= 15 is 0 Å². The van der Waals surface area contributed by atoms with Crippen LogP contribution in [0.25, 0.3) is 0 Å². The van der Waals surface area contributed by atoms with Crippen molar-refractivity contribution in [3.63, 3.8) is 0 Å². The summed E-state index contributed by atoms with van der Waals surface area (Å²) in [6.07, 6.45) is 0. The number of nitrogens with two attached hydrogens (primary N) is 1. The van der Waals surface area contributed by atoms with Gasteiger partial charge in [0.25, 0.3) is 0 Å². The minimum absolute atomic E-state index is 0.0675.